The van der Waals surface area contributed by atoms with Gasteiger partial charge >= 0.3 is 6.18 Å². The zero-order chi connectivity index (χ0) is 31.2. The van der Waals surface area contributed by atoms with Gasteiger partial charge in [-0.1, -0.05) is 59.6 Å². The Labute approximate surface area is 254 Å². The van der Waals surface area contributed by atoms with E-state index in [0.717, 1.165) is 18.2 Å². The fourth-order valence-electron chi connectivity index (χ4n) is 4.56. The summed E-state index contributed by atoms with van der Waals surface area (Å²) in [4.78, 5) is 18.4. The van der Waals surface area contributed by atoms with Crippen LogP contribution in [0.1, 0.15) is 40.2 Å². The molecule has 16 heteroatoms. The normalized spacial score (nSPS) is 17.5. The molecular weight excluding hydrogens is 652 g/mol. The first-order chi connectivity index (χ1) is 20.1. The Kier molecular flexibility index (Phi) is 8.35. The first-order valence-corrected chi connectivity index (χ1v) is 16.2. The minimum atomic E-state index is -4.75. The summed E-state index contributed by atoms with van der Waals surface area (Å²) < 4.78 is 95.4. The molecule has 1 saturated heterocycles. The molecule has 1 fully saturated rings. The molecule has 2 unspecified atom stereocenters. The largest absolute Gasteiger partial charge is 0.416 e. The zero-order valence-corrected chi connectivity index (χ0v) is 24.8. The number of imidazole rings is 1. The fourth-order valence-corrected chi connectivity index (χ4v) is 7.54. The van der Waals surface area contributed by atoms with Crippen molar-refractivity contribution >= 4 is 49.2 Å². The molecule has 1 amide bonds. The second-order valence-electron chi connectivity index (χ2n) is 9.72. The Balaban J connectivity index is 1.48. The highest BCUT2D eigenvalue weighted by Gasteiger charge is 2.38. The van der Waals surface area contributed by atoms with Crippen LogP contribution in [0, 0.1) is 0 Å². The van der Waals surface area contributed by atoms with Crippen molar-refractivity contribution in [2.45, 2.75) is 35.2 Å². The maximum Gasteiger partial charge on any atom is 0.416 e. The molecule has 1 aromatic heterocycles. The van der Waals surface area contributed by atoms with E-state index in [1.54, 1.807) is 30.3 Å². The van der Waals surface area contributed by atoms with Crippen LogP contribution in [0.2, 0.25) is 10.0 Å². The van der Waals surface area contributed by atoms with Crippen molar-refractivity contribution in [3.63, 3.8) is 0 Å². The number of sulfonamides is 2. The van der Waals surface area contributed by atoms with Gasteiger partial charge in [-0.15, -0.1) is 0 Å². The molecule has 0 spiro atoms. The average molecular weight is 674 g/mol. The van der Waals surface area contributed by atoms with Crippen LogP contribution in [0.15, 0.2) is 77.8 Å². The molecule has 3 N–H and O–H groups in total. The van der Waals surface area contributed by atoms with Gasteiger partial charge in [-0.05, 0) is 47.9 Å². The van der Waals surface area contributed by atoms with Crippen molar-refractivity contribution in [2.24, 2.45) is 0 Å². The lowest BCUT2D eigenvalue weighted by Gasteiger charge is -2.18. The van der Waals surface area contributed by atoms with Crippen LogP contribution in [0.3, 0.4) is 0 Å². The number of nitrogens with one attached hydrogen (secondary N) is 3. The summed E-state index contributed by atoms with van der Waals surface area (Å²) in [6, 6.07) is 13.2. The van der Waals surface area contributed by atoms with Gasteiger partial charge in [-0.25, -0.2) is 26.5 Å². The van der Waals surface area contributed by atoms with Gasteiger partial charge < -0.3 is 4.98 Å². The molecule has 1 aliphatic heterocycles. The summed E-state index contributed by atoms with van der Waals surface area (Å²) in [5.41, 5.74) is 0.844. The van der Waals surface area contributed by atoms with E-state index < -0.39 is 53.9 Å². The second kappa shape index (κ2) is 11.6. The molecule has 1 aliphatic rings. The summed E-state index contributed by atoms with van der Waals surface area (Å²) >= 11 is 12.1. The third kappa shape index (κ3) is 6.88. The number of hydrogen-bond acceptors (Lipinski definition) is 6. The van der Waals surface area contributed by atoms with E-state index in [1.165, 1.54) is 18.3 Å². The van der Waals surface area contributed by atoms with E-state index in [2.05, 4.69) is 14.7 Å². The van der Waals surface area contributed by atoms with Crippen molar-refractivity contribution < 1.29 is 34.8 Å². The number of hydrogen-bond donors (Lipinski definition) is 3. The Hall–Kier alpha value is -3.43. The van der Waals surface area contributed by atoms with Gasteiger partial charge in [0.15, 0.2) is 0 Å². The summed E-state index contributed by atoms with van der Waals surface area (Å²) in [7, 11) is -8.36. The highest BCUT2D eigenvalue weighted by molar-refractivity contribution is 7.90. The van der Waals surface area contributed by atoms with Crippen LogP contribution in [0.5, 0.6) is 0 Å². The molecule has 9 nitrogen and oxygen atoms in total. The van der Waals surface area contributed by atoms with E-state index in [9.17, 15) is 34.8 Å². The fraction of sp³-hybridized carbons (Fsp3) is 0.185. The minimum Gasteiger partial charge on any atom is -0.341 e. The molecule has 0 saturated carbocycles. The molecule has 0 aliphatic carbocycles. The lowest BCUT2D eigenvalue weighted by molar-refractivity contribution is -0.137. The number of carbonyl (C=O) groups is 1. The third-order valence-corrected chi connectivity index (χ3v) is 10.6. The standard InChI is InChI=1S/C27H21Cl2F3N4O5S2/c28-20-9-8-17(11-21(20)29)23-14-33-26(34-23)22(35-42(38,39)19-3-1-2-18(12-19)27(30,31)32)10-15-4-6-16(7-5-15)24-13-25(37)36-43(24,40)41/h1-9,11-12,14,22,24,35H,10,13H2,(H,33,34)(H,36,37). The number of amides is 1. The van der Waals surface area contributed by atoms with Crippen molar-refractivity contribution in [3.8, 4) is 11.3 Å². The summed E-state index contributed by atoms with van der Waals surface area (Å²) in [5, 5.41) is -0.465. The Morgan fingerprint density at radius 2 is 1.74 bits per heavy atom. The monoisotopic (exact) mass is 672 g/mol. The van der Waals surface area contributed by atoms with Crippen LogP contribution in [0.4, 0.5) is 13.2 Å². The zero-order valence-electron chi connectivity index (χ0n) is 21.7. The lowest BCUT2D eigenvalue weighted by Crippen LogP contribution is -2.31. The number of carbonyl (C=O) groups excluding carboxylic acids is 1. The molecule has 2 heterocycles. The SMILES string of the molecule is O=C1CC(c2ccc(CC(NS(=O)(=O)c3cccc(C(F)(F)F)c3)c3ncc(-c4ccc(Cl)c(Cl)c4)[nH]3)cc2)S(=O)(=O)N1. The molecule has 0 radical (unpaired) electrons. The van der Waals surface area contributed by atoms with Gasteiger partial charge in [-0.2, -0.15) is 13.2 Å². The van der Waals surface area contributed by atoms with Gasteiger partial charge in [0.25, 0.3) is 0 Å². The quantitative estimate of drug-likeness (QED) is 0.224. The van der Waals surface area contributed by atoms with Crippen LogP contribution < -0.4 is 9.44 Å². The van der Waals surface area contributed by atoms with E-state index in [0.29, 0.717) is 33.5 Å². The molecule has 226 valence electrons. The number of rotatable bonds is 8. The topological polar surface area (TPSA) is 138 Å². The third-order valence-electron chi connectivity index (χ3n) is 6.72. The van der Waals surface area contributed by atoms with E-state index in [1.807, 2.05) is 4.72 Å². The second-order valence-corrected chi connectivity index (χ2v) is 14.1. The van der Waals surface area contributed by atoms with Gasteiger partial charge in [0, 0.05) is 5.56 Å². The van der Waals surface area contributed by atoms with Crippen LogP contribution >= 0.6 is 23.2 Å². The molecule has 2 atom stereocenters. The predicted molar refractivity (Wildman–Crippen MR) is 153 cm³/mol. The number of H-pyrrole nitrogens is 1. The first-order valence-electron chi connectivity index (χ1n) is 12.5. The van der Waals surface area contributed by atoms with Gasteiger partial charge in [0.2, 0.25) is 26.0 Å². The smallest absolute Gasteiger partial charge is 0.341 e. The van der Waals surface area contributed by atoms with Gasteiger partial charge in [-0.3, -0.25) is 9.52 Å². The predicted octanol–water partition coefficient (Wildman–Crippen LogP) is 5.56. The highest BCUT2D eigenvalue weighted by atomic mass is 35.5. The maximum absolute atomic E-state index is 13.3. The lowest BCUT2D eigenvalue weighted by atomic mass is 10.0. The number of aromatic amines is 1. The Morgan fingerprint density at radius 3 is 2.37 bits per heavy atom. The van der Waals surface area contributed by atoms with E-state index >= 15 is 0 Å². The Bertz CT molecular complexity index is 1920. The van der Waals surface area contributed by atoms with Crippen molar-refractivity contribution in [2.75, 3.05) is 0 Å². The maximum atomic E-state index is 13.3. The number of benzene rings is 3. The molecular formula is C27H21Cl2F3N4O5S2. The summed E-state index contributed by atoms with van der Waals surface area (Å²) in [6.45, 7) is 0. The number of aromatic nitrogens is 2. The molecule has 43 heavy (non-hydrogen) atoms. The van der Waals surface area contributed by atoms with Crippen molar-refractivity contribution in [1.82, 2.24) is 19.4 Å². The summed E-state index contributed by atoms with van der Waals surface area (Å²) in [6.07, 6.45) is -3.57. The number of nitrogens with zero attached hydrogens (tertiary/aromatic N) is 1. The first kappa shape index (κ1) is 31.0. The van der Waals surface area contributed by atoms with Gasteiger partial charge in [0.1, 0.15) is 11.1 Å². The molecule has 3 aromatic carbocycles. The molecule has 4 aromatic rings. The van der Waals surface area contributed by atoms with Crippen LogP contribution in [0.25, 0.3) is 11.3 Å². The number of halogens is 5. The van der Waals surface area contributed by atoms with Crippen LogP contribution in [-0.2, 0) is 37.4 Å². The molecule has 5 rings (SSSR count). The van der Waals surface area contributed by atoms with Crippen molar-refractivity contribution in [1.29, 1.82) is 0 Å². The van der Waals surface area contributed by atoms with E-state index in [4.69, 9.17) is 23.2 Å². The van der Waals surface area contributed by atoms with Gasteiger partial charge in [0.05, 0.1) is 44.9 Å². The number of alkyl halides is 3. The average Bonchev–Trinajstić information content (AvgIpc) is 3.53. The van der Waals surface area contributed by atoms with Crippen molar-refractivity contribution in [3.05, 3.63) is 105 Å². The summed E-state index contributed by atoms with van der Waals surface area (Å²) in [5.74, 6) is -0.470. The highest BCUT2D eigenvalue weighted by Crippen LogP contribution is 2.33. The minimum absolute atomic E-state index is 0.0264. The molecule has 0 bridgehead atoms. The Morgan fingerprint density at radius 1 is 1.02 bits per heavy atom. The van der Waals surface area contributed by atoms with Crippen LogP contribution in [-0.4, -0.2) is 32.7 Å². The van der Waals surface area contributed by atoms with E-state index in [-0.39, 0.29) is 23.7 Å².